The second kappa shape index (κ2) is 35.2. The molecule has 10 atom stereocenters. The van der Waals surface area contributed by atoms with E-state index in [1.165, 1.54) is 57.8 Å². The first kappa shape index (κ1) is 53.0. The van der Waals surface area contributed by atoms with Crippen molar-refractivity contribution >= 4 is 5.97 Å². The molecule has 0 aromatic rings. The minimum absolute atomic E-state index is 0.0572. The molecular weight excluding hydrogens is 704 g/mol. The van der Waals surface area contributed by atoms with Gasteiger partial charge in [-0.15, -0.1) is 0 Å². The lowest BCUT2D eigenvalue weighted by Gasteiger charge is -2.40. The molecule has 0 aromatic heterocycles. The monoisotopic (exact) mass is 785 g/mol. The molecule has 0 heterocycles. The van der Waals surface area contributed by atoms with Crippen LogP contribution in [0.4, 0.5) is 0 Å². The van der Waals surface area contributed by atoms with Crippen LogP contribution in [0.5, 0.6) is 0 Å². The number of carbonyl (C=O) groups is 1. The van der Waals surface area contributed by atoms with E-state index < -0.39 is 106 Å². The molecule has 0 aromatic carbocycles. The van der Waals surface area contributed by atoms with Crippen LogP contribution in [0.15, 0.2) is 0 Å². The molecule has 14 nitrogen and oxygen atoms in total. The number of aliphatic hydroxyl groups is 12. The van der Waals surface area contributed by atoms with Gasteiger partial charge in [0.15, 0.2) is 0 Å². The highest BCUT2D eigenvalue weighted by atomic mass is 16.5. The van der Waals surface area contributed by atoms with Gasteiger partial charge in [-0.25, -0.2) is 0 Å². The van der Waals surface area contributed by atoms with Gasteiger partial charge in [-0.3, -0.25) is 4.79 Å². The van der Waals surface area contributed by atoms with Crippen molar-refractivity contribution in [2.24, 2.45) is 23.7 Å². The molecule has 0 saturated heterocycles. The number of esters is 1. The maximum atomic E-state index is 13.5. The van der Waals surface area contributed by atoms with E-state index in [2.05, 4.69) is 0 Å². The van der Waals surface area contributed by atoms with Gasteiger partial charge in [0.2, 0.25) is 0 Å². The highest BCUT2D eigenvalue weighted by Gasteiger charge is 2.42. The van der Waals surface area contributed by atoms with Gasteiger partial charge < -0.3 is 66.0 Å². The van der Waals surface area contributed by atoms with Crippen LogP contribution in [-0.4, -0.2) is 150 Å². The van der Waals surface area contributed by atoms with Crippen molar-refractivity contribution < 1.29 is 70.8 Å². The molecule has 0 saturated carbocycles. The summed E-state index contributed by atoms with van der Waals surface area (Å²) in [5, 5.41) is 118. The SMILES string of the molecule is O=C(OCC(O)CO)C(CC(O)CO)C(CC(O)CO)C(CC(O)CO)C(CCCCCCCCCCCCCCCCCCC(O)CO)CC(O)CO. The minimum atomic E-state index is -1.37. The van der Waals surface area contributed by atoms with Crippen molar-refractivity contribution in [1.82, 2.24) is 0 Å². The summed E-state index contributed by atoms with van der Waals surface area (Å²) in [5.41, 5.74) is 0. The predicted molar refractivity (Wildman–Crippen MR) is 205 cm³/mol. The molecule has 324 valence electrons. The van der Waals surface area contributed by atoms with Gasteiger partial charge in [0, 0.05) is 0 Å². The van der Waals surface area contributed by atoms with E-state index in [1.54, 1.807) is 0 Å². The van der Waals surface area contributed by atoms with Crippen molar-refractivity contribution in [3.05, 3.63) is 0 Å². The number of ether oxygens (including phenoxy) is 1. The summed E-state index contributed by atoms with van der Waals surface area (Å²) in [6.07, 6.45) is 11.7. The third-order valence-corrected chi connectivity index (χ3v) is 10.7. The van der Waals surface area contributed by atoms with E-state index in [0.717, 1.165) is 44.9 Å². The zero-order valence-corrected chi connectivity index (χ0v) is 33.0. The zero-order chi connectivity index (χ0) is 40.6. The van der Waals surface area contributed by atoms with E-state index in [-0.39, 0.29) is 32.3 Å². The van der Waals surface area contributed by atoms with Crippen LogP contribution in [0.25, 0.3) is 0 Å². The van der Waals surface area contributed by atoms with Gasteiger partial charge in [0.05, 0.1) is 76.1 Å². The van der Waals surface area contributed by atoms with Crippen LogP contribution in [0.2, 0.25) is 0 Å². The predicted octanol–water partition coefficient (Wildman–Crippen LogP) is 1.70. The number of carbonyl (C=O) groups excluding carboxylic acids is 1. The number of aliphatic hydroxyl groups excluding tert-OH is 12. The third-order valence-electron chi connectivity index (χ3n) is 10.7. The average molecular weight is 785 g/mol. The van der Waals surface area contributed by atoms with Crippen LogP contribution in [-0.2, 0) is 9.53 Å². The van der Waals surface area contributed by atoms with Crippen molar-refractivity contribution in [1.29, 1.82) is 0 Å². The maximum absolute atomic E-state index is 13.5. The van der Waals surface area contributed by atoms with Crippen molar-refractivity contribution in [3.8, 4) is 0 Å². The Hall–Kier alpha value is -1.01. The molecule has 10 unspecified atom stereocenters. The van der Waals surface area contributed by atoms with E-state index in [4.69, 9.17) is 9.84 Å². The van der Waals surface area contributed by atoms with Crippen LogP contribution < -0.4 is 0 Å². The first-order valence-corrected chi connectivity index (χ1v) is 20.9. The van der Waals surface area contributed by atoms with Gasteiger partial charge in [-0.2, -0.15) is 0 Å². The Balaban J connectivity index is 5.27. The van der Waals surface area contributed by atoms with Crippen molar-refractivity contribution in [3.63, 3.8) is 0 Å². The molecule has 0 radical (unpaired) electrons. The van der Waals surface area contributed by atoms with Crippen molar-refractivity contribution in [2.45, 2.75) is 178 Å². The Morgan fingerprint density at radius 3 is 1.11 bits per heavy atom. The Kier molecular flexibility index (Phi) is 34.5. The normalized spacial score (nSPS) is 17.6. The molecule has 0 rings (SSSR count). The Bertz CT molecular complexity index is 838. The van der Waals surface area contributed by atoms with Crippen molar-refractivity contribution in [2.75, 3.05) is 46.2 Å². The fraction of sp³-hybridized carbons (Fsp3) is 0.975. The van der Waals surface area contributed by atoms with Gasteiger partial charge >= 0.3 is 5.97 Å². The summed E-state index contributed by atoms with van der Waals surface area (Å²) < 4.78 is 5.27. The van der Waals surface area contributed by atoms with Crippen LogP contribution >= 0.6 is 0 Å². The molecule has 12 N–H and O–H groups in total. The van der Waals surface area contributed by atoms with E-state index in [0.29, 0.717) is 12.8 Å². The number of hydrogen-bond acceptors (Lipinski definition) is 14. The minimum Gasteiger partial charge on any atom is -0.463 e. The van der Waals surface area contributed by atoms with E-state index in [9.17, 15) is 61.0 Å². The van der Waals surface area contributed by atoms with E-state index >= 15 is 0 Å². The zero-order valence-electron chi connectivity index (χ0n) is 33.0. The van der Waals surface area contributed by atoms with Crippen LogP contribution in [0, 0.1) is 23.7 Å². The number of unbranched alkanes of at least 4 members (excludes halogenated alkanes) is 15. The largest absolute Gasteiger partial charge is 0.463 e. The Morgan fingerprint density at radius 1 is 0.370 bits per heavy atom. The van der Waals surface area contributed by atoms with Gasteiger partial charge in [0.1, 0.15) is 12.7 Å². The Morgan fingerprint density at radius 2 is 0.704 bits per heavy atom. The summed E-state index contributed by atoms with van der Waals surface area (Å²) in [6.45, 7) is -3.82. The molecular formula is C40H80O14. The molecule has 54 heavy (non-hydrogen) atoms. The van der Waals surface area contributed by atoms with E-state index in [1.807, 2.05) is 0 Å². The third kappa shape index (κ3) is 26.8. The average Bonchev–Trinajstić information content (AvgIpc) is 3.18. The molecule has 0 aliphatic heterocycles. The molecule has 0 aliphatic carbocycles. The molecule has 0 aliphatic rings. The van der Waals surface area contributed by atoms with Gasteiger partial charge in [-0.1, -0.05) is 109 Å². The lowest BCUT2D eigenvalue weighted by Crippen LogP contribution is -2.42. The summed E-state index contributed by atoms with van der Waals surface area (Å²) in [7, 11) is 0. The molecule has 0 spiro atoms. The lowest BCUT2D eigenvalue weighted by molar-refractivity contribution is -0.158. The van der Waals surface area contributed by atoms with Gasteiger partial charge in [-0.05, 0) is 49.9 Å². The summed E-state index contributed by atoms with van der Waals surface area (Å²) in [6, 6.07) is 0. The standard InChI is InChI=1S/C40H80O14/c41-23-31(47)18-16-14-12-10-8-6-4-2-1-3-5-7-9-11-13-15-17-30(19-32(48)24-42)37(20-33(49)25-43)38(21-34(50)26-44)39(22-35(51)27-45)40(53)54-29-36(52)28-46/h30-39,41-52H,1-29H2. The number of rotatable bonds is 39. The first-order chi connectivity index (χ1) is 26.0. The first-order valence-electron chi connectivity index (χ1n) is 20.9. The lowest BCUT2D eigenvalue weighted by atomic mass is 9.66. The Labute approximate surface area is 324 Å². The van der Waals surface area contributed by atoms with Gasteiger partial charge in [0.25, 0.3) is 0 Å². The van der Waals surface area contributed by atoms with Crippen LogP contribution in [0.1, 0.15) is 141 Å². The summed E-state index contributed by atoms with van der Waals surface area (Å²) in [4.78, 5) is 13.5. The summed E-state index contributed by atoms with van der Waals surface area (Å²) in [5.74, 6) is -4.04. The topological polar surface area (TPSA) is 269 Å². The van der Waals surface area contributed by atoms with Crippen LogP contribution in [0.3, 0.4) is 0 Å². The molecule has 14 heteroatoms. The summed E-state index contributed by atoms with van der Waals surface area (Å²) >= 11 is 0. The number of hydrogen-bond donors (Lipinski definition) is 12. The fourth-order valence-corrected chi connectivity index (χ4v) is 7.57. The fourth-order valence-electron chi connectivity index (χ4n) is 7.57. The quantitative estimate of drug-likeness (QED) is 0.0313. The highest BCUT2D eigenvalue weighted by molar-refractivity contribution is 5.73. The second-order valence-corrected chi connectivity index (χ2v) is 15.5. The second-order valence-electron chi connectivity index (χ2n) is 15.5. The molecule has 0 bridgehead atoms. The molecule has 0 amide bonds. The maximum Gasteiger partial charge on any atom is 0.309 e. The smallest absolute Gasteiger partial charge is 0.309 e. The highest BCUT2D eigenvalue weighted by Crippen LogP contribution is 2.41. The molecule has 0 fully saturated rings.